The summed E-state index contributed by atoms with van der Waals surface area (Å²) in [5, 5.41) is 0. The molecule has 0 unspecified atom stereocenters. The zero-order valence-electron chi connectivity index (χ0n) is 27.6. The van der Waals surface area contributed by atoms with E-state index in [0.717, 1.165) is 61.5 Å². The van der Waals surface area contributed by atoms with E-state index in [1.54, 1.807) is 36.4 Å². The largest absolute Gasteiger partial charge is 0.494 e. The molecule has 0 spiro atoms. The van der Waals surface area contributed by atoms with Gasteiger partial charge in [0.05, 0.1) is 25.2 Å². The summed E-state index contributed by atoms with van der Waals surface area (Å²) >= 11 is 0. The molecule has 0 N–H and O–H groups in total. The summed E-state index contributed by atoms with van der Waals surface area (Å²) in [6, 6.07) is 21.2. The van der Waals surface area contributed by atoms with E-state index in [0.29, 0.717) is 36.7 Å². The van der Waals surface area contributed by atoms with Gasteiger partial charge in [0.25, 0.3) is 0 Å². The van der Waals surface area contributed by atoms with Crippen molar-refractivity contribution in [2.75, 3.05) is 26.4 Å². The number of hydrogen-bond donors (Lipinski definition) is 0. The number of carbonyl (C=O) groups is 4. The second-order valence-corrected chi connectivity index (χ2v) is 11.4. The molecule has 1 fully saturated rings. The number of esters is 4. The predicted molar refractivity (Wildman–Crippen MR) is 182 cm³/mol. The van der Waals surface area contributed by atoms with E-state index in [1.165, 1.54) is 0 Å². The highest BCUT2D eigenvalue weighted by atomic mass is 16.6. The standard InChI is InChI=1S/C39H42O10/c1-3-36(40)46-24-8-7-23-44-32-17-15-30(16-18-32)29-11-13-31(14-12-29)39(43)49-35-21-19-33(20-22-35)45-25-26-47-38(42)28(2)27-37(41)48-34-9-5-4-6-10-34/h3,11-22,34H,1-2,4-10,23-27H2. The molecule has 0 aromatic heterocycles. The molecule has 1 saturated carbocycles. The predicted octanol–water partition coefficient (Wildman–Crippen LogP) is 7.21. The highest BCUT2D eigenvalue weighted by Gasteiger charge is 2.20. The first kappa shape index (κ1) is 36.5. The van der Waals surface area contributed by atoms with E-state index in [2.05, 4.69) is 13.2 Å². The number of ether oxygens (including phenoxy) is 6. The molecule has 10 heteroatoms. The number of carbonyl (C=O) groups excluding carboxylic acids is 4. The highest BCUT2D eigenvalue weighted by Crippen LogP contribution is 2.25. The summed E-state index contributed by atoms with van der Waals surface area (Å²) in [6.07, 6.45) is 7.27. The molecule has 0 amide bonds. The fourth-order valence-electron chi connectivity index (χ4n) is 4.99. The van der Waals surface area contributed by atoms with Crippen LogP contribution < -0.4 is 14.2 Å². The van der Waals surface area contributed by atoms with Crippen LogP contribution in [0.5, 0.6) is 17.2 Å². The Morgan fingerprint density at radius 2 is 1.24 bits per heavy atom. The van der Waals surface area contributed by atoms with Crippen LogP contribution in [0.3, 0.4) is 0 Å². The average molecular weight is 671 g/mol. The molecule has 0 radical (unpaired) electrons. The Hall–Kier alpha value is -5.38. The van der Waals surface area contributed by atoms with Crippen molar-refractivity contribution in [2.45, 2.75) is 57.5 Å². The fraction of sp³-hybridized carbons (Fsp3) is 0.333. The van der Waals surface area contributed by atoms with Gasteiger partial charge in [-0.3, -0.25) is 4.79 Å². The van der Waals surface area contributed by atoms with Gasteiger partial charge in [0, 0.05) is 11.6 Å². The first-order valence-corrected chi connectivity index (χ1v) is 16.4. The van der Waals surface area contributed by atoms with Crippen LogP contribution in [-0.4, -0.2) is 56.4 Å². The zero-order chi connectivity index (χ0) is 34.8. The van der Waals surface area contributed by atoms with Crippen molar-refractivity contribution in [1.29, 1.82) is 0 Å². The lowest BCUT2D eigenvalue weighted by Crippen LogP contribution is -2.22. The normalized spacial score (nSPS) is 12.7. The van der Waals surface area contributed by atoms with Gasteiger partial charge in [0.15, 0.2) is 0 Å². The smallest absolute Gasteiger partial charge is 0.343 e. The van der Waals surface area contributed by atoms with Crippen LogP contribution in [0.2, 0.25) is 0 Å². The average Bonchev–Trinajstić information content (AvgIpc) is 3.12. The first-order valence-electron chi connectivity index (χ1n) is 16.4. The Balaban J connectivity index is 1.12. The van der Waals surface area contributed by atoms with Gasteiger partial charge < -0.3 is 28.4 Å². The maximum atomic E-state index is 12.7. The Bertz CT molecular complexity index is 1550. The third-order valence-corrected chi connectivity index (χ3v) is 7.64. The van der Waals surface area contributed by atoms with Gasteiger partial charge in [-0.25, -0.2) is 14.4 Å². The molecule has 0 aliphatic heterocycles. The van der Waals surface area contributed by atoms with Crippen molar-refractivity contribution in [3.8, 4) is 28.4 Å². The Morgan fingerprint density at radius 3 is 1.90 bits per heavy atom. The molecule has 3 aromatic carbocycles. The molecule has 10 nitrogen and oxygen atoms in total. The summed E-state index contributed by atoms with van der Waals surface area (Å²) in [4.78, 5) is 48.0. The van der Waals surface area contributed by atoms with Crippen LogP contribution in [-0.2, 0) is 28.6 Å². The molecule has 49 heavy (non-hydrogen) atoms. The minimum Gasteiger partial charge on any atom is -0.494 e. The van der Waals surface area contributed by atoms with Crippen molar-refractivity contribution >= 4 is 23.9 Å². The Labute approximate surface area is 286 Å². The van der Waals surface area contributed by atoms with E-state index >= 15 is 0 Å². The molecule has 0 bridgehead atoms. The lowest BCUT2D eigenvalue weighted by molar-refractivity contribution is -0.151. The fourth-order valence-corrected chi connectivity index (χ4v) is 4.99. The highest BCUT2D eigenvalue weighted by molar-refractivity contribution is 5.93. The molecule has 3 aromatic rings. The van der Waals surface area contributed by atoms with Gasteiger partial charge in [-0.1, -0.05) is 43.8 Å². The number of benzene rings is 3. The van der Waals surface area contributed by atoms with Gasteiger partial charge in [0.1, 0.15) is 36.6 Å². The molecular weight excluding hydrogens is 628 g/mol. The quantitative estimate of drug-likeness (QED) is 0.0451. The van der Waals surface area contributed by atoms with Crippen LogP contribution >= 0.6 is 0 Å². The summed E-state index contributed by atoms with van der Waals surface area (Å²) in [5.41, 5.74) is 2.33. The Kier molecular flexibility index (Phi) is 14.5. The van der Waals surface area contributed by atoms with Crippen LogP contribution in [0.4, 0.5) is 0 Å². The Morgan fingerprint density at radius 1 is 0.673 bits per heavy atom. The summed E-state index contributed by atoms with van der Waals surface area (Å²) in [6.45, 7) is 7.91. The van der Waals surface area contributed by atoms with Gasteiger partial charge in [0.2, 0.25) is 0 Å². The number of rotatable bonds is 18. The second kappa shape index (κ2) is 19.4. The van der Waals surface area contributed by atoms with Crippen molar-refractivity contribution in [1.82, 2.24) is 0 Å². The topological polar surface area (TPSA) is 124 Å². The minimum atomic E-state index is -0.669. The van der Waals surface area contributed by atoms with Crippen LogP contribution in [0, 0.1) is 0 Å². The van der Waals surface area contributed by atoms with Crippen LogP contribution in [0.15, 0.2) is 97.6 Å². The van der Waals surface area contributed by atoms with E-state index in [1.807, 2.05) is 36.4 Å². The van der Waals surface area contributed by atoms with Crippen LogP contribution in [0.25, 0.3) is 11.1 Å². The molecular formula is C39H42O10. The molecule has 258 valence electrons. The van der Waals surface area contributed by atoms with E-state index < -0.39 is 23.9 Å². The maximum Gasteiger partial charge on any atom is 0.343 e. The maximum absolute atomic E-state index is 12.7. The van der Waals surface area contributed by atoms with Crippen molar-refractivity contribution < 1.29 is 47.6 Å². The van der Waals surface area contributed by atoms with Gasteiger partial charge in [-0.15, -0.1) is 0 Å². The second-order valence-electron chi connectivity index (χ2n) is 11.4. The lowest BCUT2D eigenvalue weighted by atomic mass is 9.98. The molecule has 0 atom stereocenters. The zero-order valence-corrected chi connectivity index (χ0v) is 27.6. The molecule has 1 aliphatic carbocycles. The van der Waals surface area contributed by atoms with E-state index in [4.69, 9.17) is 28.4 Å². The molecule has 0 heterocycles. The minimum absolute atomic E-state index is 0.0296. The van der Waals surface area contributed by atoms with Crippen LogP contribution in [0.1, 0.15) is 61.7 Å². The van der Waals surface area contributed by atoms with Crippen molar-refractivity contribution in [2.24, 2.45) is 0 Å². The number of hydrogen-bond acceptors (Lipinski definition) is 10. The van der Waals surface area contributed by atoms with Crippen molar-refractivity contribution in [3.05, 3.63) is 103 Å². The molecule has 4 rings (SSSR count). The van der Waals surface area contributed by atoms with Crippen molar-refractivity contribution in [3.63, 3.8) is 0 Å². The summed E-state index contributed by atoms with van der Waals surface area (Å²) in [5.74, 6) is -0.485. The van der Waals surface area contributed by atoms with Gasteiger partial charge in [-0.2, -0.15) is 0 Å². The number of unbranched alkanes of at least 4 members (excludes halogenated alkanes) is 1. The van der Waals surface area contributed by atoms with E-state index in [9.17, 15) is 19.2 Å². The third kappa shape index (κ3) is 12.6. The van der Waals surface area contributed by atoms with Gasteiger partial charge >= 0.3 is 23.9 Å². The SMILES string of the molecule is C=CC(=O)OCCCCOc1ccc(-c2ccc(C(=O)Oc3ccc(OCCOC(=O)C(=C)CC(=O)OC4CCCCC4)cc3)cc2)cc1. The molecule has 0 saturated heterocycles. The molecule has 1 aliphatic rings. The first-order chi connectivity index (χ1) is 23.8. The summed E-state index contributed by atoms with van der Waals surface area (Å²) < 4.78 is 32.4. The third-order valence-electron chi connectivity index (χ3n) is 7.64. The monoisotopic (exact) mass is 670 g/mol. The summed E-state index contributed by atoms with van der Waals surface area (Å²) in [7, 11) is 0. The van der Waals surface area contributed by atoms with Gasteiger partial charge in [-0.05, 0) is 98.2 Å². The van der Waals surface area contributed by atoms with E-state index in [-0.39, 0.29) is 31.3 Å². The lowest BCUT2D eigenvalue weighted by Gasteiger charge is -2.21.